The topological polar surface area (TPSA) is 30.1 Å². The van der Waals surface area contributed by atoms with Crippen molar-refractivity contribution in [3.63, 3.8) is 0 Å². The number of thiophene rings is 1. The van der Waals surface area contributed by atoms with Crippen molar-refractivity contribution in [1.29, 1.82) is 0 Å². The van der Waals surface area contributed by atoms with Gasteiger partial charge in [-0.25, -0.2) is 0 Å². The van der Waals surface area contributed by atoms with Gasteiger partial charge in [0.25, 0.3) is 0 Å². The average Bonchev–Trinajstić information content (AvgIpc) is 3.97. The van der Waals surface area contributed by atoms with E-state index in [0.29, 0.717) is 0 Å². The lowest BCUT2D eigenvalue weighted by Gasteiger charge is -2.25. The van der Waals surface area contributed by atoms with Crippen molar-refractivity contribution in [1.82, 2.24) is 4.57 Å². The Morgan fingerprint density at radius 3 is 2.12 bits per heavy atom. The van der Waals surface area contributed by atoms with E-state index < -0.39 is 0 Å². The number of aryl methyl sites for hydroxylation is 1. The highest BCUT2D eigenvalue weighted by molar-refractivity contribution is 7.26. The Morgan fingerprint density at radius 2 is 1.25 bits per heavy atom. The lowest BCUT2D eigenvalue weighted by molar-refractivity contribution is 0.669. The summed E-state index contributed by atoms with van der Waals surface area (Å²) in [5.41, 5.74) is 18.6. The summed E-state index contributed by atoms with van der Waals surface area (Å²) >= 11 is 1.89. The molecule has 0 aliphatic carbocycles. The SMILES string of the molecule is Cc1ccc(Nc2cc3c(cc2-c2cc(-c4ccccc4-c4ccccc4)c4c5ccccc5n5c4c2Bc2cc4sc6ccccc6c4cc2-5)oc2ccccc23)cc1. The van der Waals surface area contributed by atoms with Gasteiger partial charge in [0, 0.05) is 69.9 Å². The largest absolute Gasteiger partial charge is 0.456 e. The zero-order valence-electron chi connectivity index (χ0n) is 32.8. The van der Waals surface area contributed by atoms with E-state index in [-0.39, 0.29) is 0 Å². The minimum absolute atomic E-state index is 0.796. The van der Waals surface area contributed by atoms with Gasteiger partial charge < -0.3 is 14.3 Å². The molecule has 0 radical (unpaired) electrons. The summed E-state index contributed by atoms with van der Waals surface area (Å²) in [6, 6.07) is 66.7. The first-order chi connectivity index (χ1) is 29.6. The second kappa shape index (κ2) is 12.8. The molecule has 3 aromatic heterocycles. The van der Waals surface area contributed by atoms with Gasteiger partial charge in [-0.05, 0) is 101 Å². The predicted octanol–water partition coefficient (Wildman–Crippen LogP) is 13.8. The van der Waals surface area contributed by atoms with Gasteiger partial charge in [0.05, 0.1) is 5.52 Å². The number of nitrogens with one attached hydrogen (secondary N) is 1. The summed E-state index contributed by atoms with van der Waals surface area (Å²) in [5, 5.41) is 11.3. The summed E-state index contributed by atoms with van der Waals surface area (Å²) in [7, 11) is 0.796. The Hall–Kier alpha value is -7.34. The van der Waals surface area contributed by atoms with E-state index in [9.17, 15) is 0 Å². The lowest BCUT2D eigenvalue weighted by atomic mass is 9.58. The zero-order valence-corrected chi connectivity index (χ0v) is 33.6. The fourth-order valence-corrected chi connectivity index (χ4v) is 11.1. The summed E-state index contributed by atoms with van der Waals surface area (Å²) in [6.07, 6.45) is 0. The van der Waals surface area contributed by atoms with Gasteiger partial charge in [-0.2, -0.15) is 0 Å². The number of rotatable bonds is 5. The van der Waals surface area contributed by atoms with Crippen LogP contribution in [0, 0.1) is 6.92 Å². The average molecular weight is 783 g/mol. The third kappa shape index (κ3) is 4.96. The van der Waals surface area contributed by atoms with E-state index in [0.717, 1.165) is 46.2 Å². The van der Waals surface area contributed by atoms with E-state index in [1.165, 1.54) is 92.0 Å². The van der Waals surface area contributed by atoms with Crippen molar-refractivity contribution in [2.45, 2.75) is 6.92 Å². The summed E-state index contributed by atoms with van der Waals surface area (Å²) < 4.78 is 11.9. The molecule has 5 heteroatoms. The van der Waals surface area contributed by atoms with Crippen LogP contribution in [0.15, 0.2) is 186 Å². The van der Waals surface area contributed by atoms with Crippen LogP contribution in [0.5, 0.6) is 0 Å². The van der Waals surface area contributed by atoms with Crippen LogP contribution in [-0.4, -0.2) is 11.8 Å². The number of hydrogen-bond acceptors (Lipinski definition) is 3. The number of fused-ring (bicyclic) bond motifs is 11. The first kappa shape index (κ1) is 33.6. The van der Waals surface area contributed by atoms with Gasteiger partial charge >= 0.3 is 0 Å². The molecule has 0 spiro atoms. The van der Waals surface area contributed by atoms with Gasteiger partial charge in [-0.3, -0.25) is 0 Å². The van der Waals surface area contributed by atoms with Crippen molar-refractivity contribution >= 4 is 105 Å². The summed E-state index contributed by atoms with van der Waals surface area (Å²) in [6.45, 7) is 2.14. The van der Waals surface area contributed by atoms with Crippen molar-refractivity contribution in [2.75, 3.05) is 5.32 Å². The Labute approximate surface area is 351 Å². The first-order valence-corrected chi connectivity index (χ1v) is 21.4. The first-order valence-electron chi connectivity index (χ1n) is 20.6. The third-order valence-corrected chi connectivity index (χ3v) is 13.8. The molecular weight excluding hydrogens is 747 g/mol. The maximum atomic E-state index is 6.68. The second-order valence-corrected chi connectivity index (χ2v) is 17.3. The number of aromatic nitrogens is 1. The molecule has 0 unspecified atom stereocenters. The van der Waals surface area contributed by atoms with Crippen molar-refractivity contribution in [3.8, 4) is 39.1 Å². The second-order valence-electron chi connectivity index (χ2n) is 16.2. The number of furan rings is 1. The molecule has 1 N–H and O–H groups in total. The molecule has 0 saturated carbocycles. The van der Waals surface area contributed by atoms with Gasteiger partial charge in [-0.1, -0.05) is 132 Å². The van der Waals surface area contributed by atoms with E-state index in [4.69, 9.17) is 4.42 Å². The Balaban J connectivity index is 1.19. The van der Waals surface area contributed by atoms with Gasteiger partial charge in [0.2, 0.25) is 0 Å². The molecule has 0 atom stereocenters. The molecule has 13 rings (SSSR count). The van der Waals surface area contributed by atoms with Crippen molar-refractivity contribution in [3.05, 3.63) is 188 Å². The molecule has 0 saturated heterocycles. The molecule has 3 nitrogen and oxygen atoms in total. The number of para-hydroxylation sites is 2. The molecule has 60 heavy (non-hydrogen) atoms. The monoisotopic (exact) mass is 782 g/mol. The molecule has 1 aliphatic heterocycles. The summed E-state index contributed by atoms with van der Waals surface area (Å²) in [5.74, 6) is 0. The molecule has 280 valence electrons. The number of anilines is 2. The molecule has 9 aromatic carbocycles. The van der Waals surface area contributed by atoms with Crippen LogP contribution in [0.25, 0.3) is 103 Å². The fourth-order valence-electron chi connectivity index (χ4n) is 9.93. The van der Waals surface area contributed by atoms with Gasteiger partial charge in [0.15, 0.2) is 7.28 Å². The molecule has 1 aliphatic rings. The van der Waals surface area contributed by atoms with Crippen LogP contribution >= 0.6 is 11.3 Å². The highest BCUT2D eigenvalue weighted by Crippen LogP contribution is 2.47. The quantitative estimate of drug-likeness (QED) is 0.176. The summed E-state index contributed by atoms with van der Waals surface area (Å²) in [4.78, 5) is 0. The standard InChI is InChI=1S/C55H35BN2OS/c1-32-23-25-34(26-24-32)57-46-28-41-37-17-8-11-21-49(37)59-50(41)30-40(46)44-27-43(36-16-6-5-15-35(36)33-13-3-2-4-14-33)53-39-19-7-10-20-47(39)58-48-29-42-38-18-9-12-22-51(38)60-52(42)31-45(48)56-54(44)55(53)58/h2-31,56-57H,1H3. The molecule has 0 amide bonds. The number of benzene rings is 9. The van der Waals surface area contributed by atoms with Crippen LogP contribution in [-0.2, 0) is 0 Å². The van der Waals surface area contributed by atoms with Crippen LogP contribution in [0.2, 0.25) is 0 Å². The molecule has 0 fully saturated rings. The lowest BCUT2D eigenvalue weighted by Crippen LogP contribution is -2.37. The van der Waals surface area contributed by atoms with Gasteiger partial charge in [-0.15, -0.1) is 11.3 Å². The Bertz CT molecular complexity index is 3720. The van der Waals surface area contributed by atoms with Crippen LogP contribution in [0.4, 0.5) is 11.4 Å². The highest BCUT2D eigenvalue weighted by atomic mass is 32.1. The maximum Gasteiger partial charge on any atom is 0.198 e. The number of nitrogens with zero attached hydrogens (tertiary/aromatic N) is 1. The minimum atomic E-state index is 0.796. The highest BCUT2D eigenvalue weighted by Gasteiger charge is 2.30. The Kier molecular flexibility index (Phi) is 7.19. The van der Waals surface area contributed by atoms with E-state index in [1.54, 1.807) is 0 Å². The maximum absolute atomic E-state index is 6.68. The minimum Gasteiger partial charge on any atom is -0.456 e. The fraction of sp³-hybridized carbons (Fsp3) is 0.0182. The normalized spacial score (nSPS) is 12.2. The molecule has 4 heterocycles. The third-order valence-electron chi connectivity index (χ3n) is 12.7. The molecule has 12 aromatic rings. The van der Waals surface area contributed by atoms with Crippen LogP contribution < -0.4 is 16.2 Å². The van der Waals surface area contributed by atoms with E-state index in [2.05, 4.69) is 199 Å². The van der Waals surface area contributed by atoms with Gasteiger partial charge in [0.1, 0.15) is 11.2 Å². The predicted molar refractivity (Wildman–Crippen MR) is 258 cm³/mol. The van der Waals surface area contributed by atoms with Crippen LogP contribution in [0.1, 0.15) is 5.56 Å². The molecular formula is C55H35BN2OS. The smallest absolute Gasteiger partial charge is 0.198 e. The Morgan fingerprint density at radius 1 is 0.517 bits per heavy atom. The van der Waals surface area contributed by atoms with Crippen molar-refractivity contribution in [2.24, 2.45) is 0 Å². The van der Waals surface area contributed by atoms with E-state index in [1.807, 2.05) is 11.3 Å². The molecule has 0 bridgehead atoms. The van der Waals surface area contributed by atoms with E-state index >= 15 is 0 Å². The number of hydrogen-bond donors (Lipinski definition) is 1. The van der Waals surface area contributed by atoms with Crippen LogP contribution in [0.3, 0.4) is 0 Å². The zero-order chi connectivity index (χ0) is 39.5. The van der Waals surface area contributed by atoms with Crippen molar-refractivity contribution < 1.29 is 4.42 Å².